The van der Waals surface area contributed by atoms with Crippen molar-refractivity contribution in [3.8, 4) is 0 Å². The van der Waals surface area contributed by atoms with Crippen molar-refractivity contribution >= 4 is 18.7 Å². The molecule has 0 unspecified atom stereocenters. The number of halogens is 3. The van der Waals surface area contributed by atoms with Gasteiger partial charge in [-0.3, -0.25) is 9.36 Å². The van der Waals surface area contributed by atoms with E-state index in [0.717, 1.165) is 16.7 Å². The molecule has 2 fully saturated rings. The Kier molecular flexibility index (Phi) is 7.58. The van der Waals surface area contributed by atoms with Crippen molar-refractivity contribution in [2.24, 2.45) is 17.3 Å². The number of alkyl halides is 3. The molecule has 1 aromatic rings. The summed E-state index contributed by atoms with van der Waals surface area (Å²) in [6, 6.07) is 7.09. The van der Waals surface area contributed by atoms with Crippen LogP contribution in [0.15, 0.2) is 47.1 Å². The standard InChI is InChI=1S/C30H38F3O5P/c1-4-37-39(36,38-5-2)22-10-6-19(7-11-22)25-17-28(3)26(14-15-29(28,35)30(32,33)18-31)24-12-8-20-16-21(34)9-13-23(20)27(24)25/h6-7,10-11,16,24-26,35H,4-5,8-9,12-15,17-18H2,1-3H3/t24-,25+,26-,28-,29-/m0/s1. The molecule has 1 N–H and O–H groups in total. The second-order valence-electron chi connectivity index (χ2n) is 11.7. The molecule has 2 saturated carbocycles. The quantitative estimate of drug-likeness (QED) is 0.350. The van der Waals surface area contributed by atoms with Crippen LogP contribution < -0.4 is 5.30 Å². The van der Waals surface area contributed by atoms with Crippen molar-refractivity contribution in [1.82, 2.24) is 0 Å². The number of hydrogen-bond donors (Lipinski definition) is 1. The lowest BCUT2D eigenvalue weighted by Gasteiger charge is -2.55. The van der Waals surface area contributed by atoms with E-state index >= 15 is 8.78 Å². The van der Waals surface area contributed by atoms with E-state index in [1.165, 1.54) is 5.57 Å². The monoisotopic (exact) mass is 566 g/mol. The highest BCUT2D eigenvalue weighted by Gasteiger charge is 2.71. The van der Waals surface area contributed by atoms with Crippen molar-refractivity contribution in [2.45, 2.75) is 83.2 Å². The van der Waals surface area contributed by atoms with Gasteiger partial charge in [0.05, 0.1) is 18.5 Å². The third-order valence-electron chi connectivity index (χ3n) is 9.87. The van der Waals surface area contributed by atoms with E-state index in [0.29, 0.717) is 37.4 Å². The second kappa shape index (κ2) is 10.3. The first kappa shape index (κ1) is 28.8. The maximum absolute atomic E-state index is 15.1. The van der Waals surface area contributed by atoms with Crippen LogP contribution in [0, 0.1) is 17.3 Å². The summed E-state index contributed by atoms with van der Waals surface area (Å²) in [5.41, 5.74) is 0.526. The van der Waals surface area contributed by atoms with E-state index in [4.69, 9.17) is 9.05 Å². The van der Waals surface area contributed by atoms with Crippen molar-refractivity contribution in [3.05, 3.63) is 52.6 Å². The fourth-order valence-corrected chi connectivity index (χ4v) is 9.66. The molecule has 39 heavy (non-hydrogen) atoms. The molecule has 5 atom stereocenters. The van der Waals surface area contributed by atoms with Gasteiger partial charge in [-0.1, -0.05) is 24.6 Å². The topological polar surface area (TPSA) is 72.8 Å². The van der Waals surface area contributed by atoms with Crippen LogP contribution in [0.5, 0.6) is 0 Å². The van der Waals surface area contributed by atoms with Gasteiger partial charge in [0.2, 0.25) is 0 Å². The molecule has 0 amide bonds. The summed E-state index contributed by atoms with van der Waals surface area (Å²) >= 11 is 0. The highest BCUT2D eigenvalue weighted by molar-refractivity contribution is 7.62. The summed E-state index contributed by atoms with van der Waals surface area (Å²) in [6.45, 7) is 3.73. The minimum Gasteiger partial charge on any atom is -0.383 e. The first-order valence-electron chi connectivity index (χ1n) is 14.1. The molecule has 214 valence electrons. The summed E-state index contributed by atoms with van der Waals surface area (Å²) in [5, 5.41) is 11.9. The Morgan fingerprint density at radius 1 is 1.08 bits per heavy atom. The van der Waals surface area contributed by atoms with Gasteiger partial charge in [0.15, 0.2) is 12.5 Å². The highest BCUT2D eigenvalue weighted by Crippen LogP contribution is 2.69. The number of benzene rings is 1. The molecule has 0 radical (unpaired) electrons. The predicted molar refractivity (Wildman–Crippen MR) is 143 cm³/mol. The molecule has 5 nitrogen and oxygen atoms in total. The number of carbonyl (C=O) groups excluding carboxylic acids is 1. The average Bonchev–Trinajstić information content (AvgIpc) is 3.20. The van der Waals surface area contributed by atoms with Crippen molar-refractivity contribution < 1.29 is 36.7 Å². The lowest BCUT2D eigenvalue weighted by molar-refractivity contribution is -0.242. The number of carbonyl (C=O) groups is 1. The third kappa shape index (κ3) is 4.41. The van der Waals surface area contributed by atoms with E-state index in [1.54, 1.807) is 39.0 Å². The molecule has 0 saturated heterocycles. The summed E-state index contributed by atoms with van der Waals surface area (Å²) in [6.07, 6.45) is 4.64. The van der Waals surface area contributed by atoms with E-state index < -0.39 is 31.2 Å². The third-order valence-corrected chi connectivity index (χ3v) is 12.0. The second-order valence-corrected chi connectivity index (χ2v) is 13.7. The Balaban J connectivity index is 1.63. The Morgan fingerprint density at radius 2 is 1.74 bits per heavy atom. The molecule has 4 aliphatic rings. The van der Waals surface area contributed by atoms with Gasteiger partial charge in [0.25, 0.3) is 0 Å². The van der Waals surface area contributed by atoms with Gasteiger partial charge >= 0.3 is 13.5 Å². The Morgan fingerprint density at radius 3 is 2.36 bits per heavy atom. The zero-order valence-electron chi connectivity index (χ0n) is 22.9. The van der Waals surface area contributed by atoms with Crippen LogP contribution >= 0.6 is 7.60 Å². The van der Waals surface area contributed by atoms with Crippen molar-refractivity contribution in [1.29, 1.82) is 0 Å². The van der Waals surface area contributed by atoms with Crippen LogP contribution in [0.4, 0.5) is 13.2 Å². The number of aliphatic hydroxyl groups is 1. The summed E-state index contributed by atoms with van der Waals surface area (Å²) < 4.78 is 68.2. The number of ketones is 1. The number of hydrogen-bond acceptors (Lipinski definition) is 5. The average molecular weight is 567 g/mol. The van der Waals surface area contributed by atoms with Gasteiger partial charge in [-0.25, -0.2) is 13.2 Å². The predicted octanol–water partition coefficient (Wildman–Crippen LogP) is 6.81. The Labute approximate surface area is 228 Å². The molecular weight excluding hydrogens is 528 g/mol. The van der Waals surface area contributed by atoms with Gasteiger partial charge in [-0.05, 0) is 99.1 Å². The smallest absolute Gasteiger partial charge is 0.361 e. The molecule has 0 aromatic heterocycles. The molecule has 0 aliphatic heterocycles. The fourth-order valence-electron chi connectivity index (χ4n) is 8.09. The first-order chi connectivity index (χ1) is 18.4. The number of allylic oxidation sites excluding steroid dienone is 4. The van der Waals surface area contributed by atoms with Gasteiger partial charge in [0, 0.05) is 17.8 Å². The van der Waals surface area contributed by atoms with Crippen LogP contribution in [0.2, 0.25) is 0 Å². The van der Waals surface area contributed by atoms with E-state index in [1.807, 2.05) is 12.1 Å². The normalized spacial score (nSPS) is 32.9. The zero-order chi connectivity index (χ0) is 28.2. The van der Waals surface area contributed by atoms with E-state index in [-0.39, 0.29) is 49.6 Å². The van der Waals surface area contributed by atoms with Crippen molar-refractivity contribution in [2.75, 3.05) is 19.9 Å². The largest absolute Gasteiger partial charge is 0.383 e. The Hall–Kier alpha value is -1.73. The summed E-state index contributed by atoms with van der Waals surface area (Å²) in [4.78, 5) is 12.2. The molecule has 5 rings (SSSR count). The lowest BCUT2D eigenvalue weighted by atomic mass is 9.50. The summed E-state index contributed by atoms with van der Waals surface area (Å²) in [7, 11) is -3.51. The van der Waals surface area contributed by atoms with Gasteiger partial charge < -0.3 is 14.2 Å². The van der Waals surface area contributed by atoms with Gasteiger partial charge in [0.1, 0.15) is 5.60 Å². The summed E-state index contributed by atoms with van der Waals surface area (Å²) in [5.74, 6) is -4.32. The minimum absolute atomic E-state index is 0.0452. The fraction of sp³-hybridized carbons (Fsp3) is 0.633. The SMILES string of the molecule is CCOP(=O)(OCC)c1ccc([C@H]2C[C@@]3(C)[C@@H](CC[C@@]3(O)C(F)(F)CF)[C@@H]3CCC4=CC(=O)CCC4=C32)cc1. The van der Waals surface area contributed by atoms with Crippen LogP contribution in [0.25, 0.3) is 0 Å². The lowest BCUT2D eigenvalue weighted by Crippen LogP contribution is -2.61. The first-order valence-corrected chi connectivity index (χ1v) is 15.6. The van der Waals surface area contributed by atoms with Gasteiger partial charge in [-0.15, -0.1) is 0 Å². The van der Waals surface area contributed by atoms with Crippen LogP contribution in [0.1, 0.15) is 77.2 Å². The van der Waals surface area contributed by atoms with Crippen LogP contribution in [-0.2, 0) is 18.4 Å². The van der Waals surface area contributed by atoms with E-state index in [2.05, 4.69) is 0 Å². The highest BCUT2D eigenvalue weighted by atomic mass is 31.2. The van der Waals surface area contributed by atoms with Gasteiger partial charge in [-0.2, -0.15) is 0 Å². The zero-order valence-corrected chi connectivity index (χ0v) is 23.7. The van der Waals surface area contributed by atoms with E-state index in [9.17, 15) is 18.9 Å². The molecule has 0 bridgehead atoms. The molecular formula is C30H38F3O5P. The van der Waals surface area contributed by atoms with Crippen molar-refractivity contribution in [3.63, 3.8) is 0 Å². The molecule has 4 aliphatic carbocycles. The maximum atomic E-state index is 15.1. The maximum Gasteiger partial charge on any atom is 0.361 e. The molecule has 1 aromatic carbocycles. The number of fused-ring (bicyclic) bond motifs is 4. The molecule has 0 spiro atoms. The molecule has 0 heterocycles. The van der Waals surface area contributed by atoms with Crippen LogP contribution in [0.3, 0.4) is 0 Å². The molecule has 9 heteroatoms. The Bertz CT molecular complexity index is 1230. The minimum atomic E-state index is -3.85. The van der Waals surface area contributed by atoms with Crippen LogP contribution in [-0.4, -0.2) is 42.3 Å². The number of rotatable bonds is 8.